The Morgan fingerprint density at radius 3 is 1.44 bits per heavy atom. The smallest absolute Gasteiger partial charge is 0.245 e. The first-order chi connectivity index (χ1) is 3.81. The molecule has 0 aliphatic carbocycles. The summed E-state index contributed by atoms with van der Waals surface area (Å²) in [6.45, 7) is 0. The predicted octanol–water partition coefficient (Wildman–Crippen LogP) is -3.99. The molecule has 0 atom stereocenters. The van der Waals surface area contributed by atoms with Gasteiger partial charge >= 0.3 is 0 Å². The van der Waals surface area contributed by atoms with E-state index in [1.165, 1.54) is 0 Å². The maximum Gasteiger partial charge on any atom is 0.245 e. The van der Waals surface area contributed by atoms with Gasteiger partial charge in [0.15, 0.2) is 0 Å². The van der Waals surface area contributed by atoms with Crippen LogP contribution in [0.1, 0.15) is 0 Å². The van der Waals surface area contributed by atoms with Gasteiger partial charge in [-0.1, -0.05) is 0 Å². The molecule has 0 radical (unpaired) electrons. The fourth-order valence-electron chi connectivity index (χ4n) is 0.0944. The molecule has 0 fully saturated rings. The van der Waals surface area contributed by atoms with Crippen molar-refractivity contribution in [3.63, 3.8) is 0 Å². The Bertz CT molecular complexity index is 95.6. The number of nitrogens with two attached hydrogens (primary N) is 5. The second-order valence-corrected chi connectivity index (χ2v) is 1.74. The van der Waals surface area contributed by atoms with Crippen molar-refractivity contribution < 1.29 is 9.94 Å². The lowest BCUT2D eigenvalue weighted by Crippen LogP contribution is -2.78. The van der Waals surface area contributed by atoms with Crippen molar-refractivity contribution in [1.29, 1.82) is 0 Å². The lowest BCUT2D eigenvalue weighted by atomic mass is 10.3. The van der Waals surface area contributed by atoms with Gasteiger partial charge < -0.3 is 5.11 Å². The molecule has 0 aromatic carbocycles. The standard InChI is InChI=1S/C2H11N5O2/c3-1(4,8)2(5,6)9-7/h8H,3-7H2. The van der Waals surface area contributed by atoms with E-state index < -0.39 is 11.7 Å². The van der Waals surface area contributed by atoms with Crippen molar-refractivity contribution in [2.75, 3.05) is 0 Å². The van der Waals surface area contributed by atoms with E-state index in [4.69, 9.17) is 28.0 Å². The van der Waals surface area contributed by atoms with Crippen molar-refractivity contribution in [2.24, 2.45) is 28.8 Å². The number of hydrogen-bond acceptors (Lipinski definition) is 7. The summed E-state index contributed by atoms with van der Waals surface area (Å²) in [4.78, 5) is 3.86. The van der Waals surface area contributed by atoms with Gasteiger partial charge in [0.25, 0.3) is 0 Å². The fourth-order valence-corrected chi connectivity index (χ4v) is 0.0944. The normalized spacial score (nSPS) is 14.0. The first kappa shape index (κ1) is 8.72. The average Bonchev–Trinajstić information content (AvgIpc) is 1.64. The van der Waals surface area contributed by atoms with Crippen LogP contribution in [0.5, 0.6) is 0 Å². The van der Waals surface area contributed by atoms with Gasteiger partial charge in [-0.2, -0.15) is 0 Å². The summed E-state index contributed by atoms with van der Waals surface area (Å²) in [5, 5.41) is 8.65. The first-order valence-corrected chi connectivity index (χ1v) is 2.07. The molecule has 0 spiro atoms. The van der Waals surface area contributed by atoms with E-state index in [2.05, 4.69) is 10.7 Å². The molecule has 0 unspecified atom stereocenters. The summed E-state index contributed by atoms with van der Waals surface area (Å²) in [5.74, 6) is 0.0450. The second-order valence-electron chi connectivity index (χ2n) is 1.74. The van der Waals surface area contributed by atoms with Gasteiger partial charge in [0.2, 0.25) is 11.7 Å². The van der Waals surface area contributed by atoms with Gasteiger partial charge in [-0.25, -0.2) is 5.90 Å². The van der Waals surface area contributed by atoms with E-state index in [0.29, 0.717) is 0 Å². The first-order valence-electron chi connectivity index (χ1n) is 2.07. The summed E-state index contributed by atoms with van der Waals surface area (Å²) in [6, 6.07) is 0. The predicted molar refractivity (Wildman–Crippen MR) is 29.7 cm³/mol. The molecular formula is C2H11N5O2. The molecule has 0 amide bonds. The lowest BCUT2D eigenvalue weighted by molar-refractivity contribution is -0.177. The van der Waals surface area contributed by atoms with Gasteiger partial charge in [0.05, 0.1) is 0 Å². The molecule has 0 rings (SSSR count). The third-order valence-electron chi connectivity index (χ3n) is 0.821. The maximum atomic E-state index is 8.65. The SMILES string of the molecule is NOC(N)(N)C(N)(N)O. The summed E-state index contributed by atoms with van der Waals surface area (Å²) in [5.41, 5.74) is 19.5. The monoisotopic (exact) mass is 137 g/mol. The summed E-state index contributed by atoms with van der Waals surface area (Å²) < 4.78 is 0. The van der Waals surface area contributed by atoms with Crippen molar-refractivity contribution in [1.82, 2.24) is 0 Å². The lowest BCUT2D eigenvalue weighted by Gasteiger charge is -2.32. The minimum absolute atomic E-state index is 2.13. The topological polar surface area (TPSA) is 160 Å². The zero-order chi connectivity index (χ0) is 7.71. The second kappa shape index (κ2) is 2.15. The number of hydrogen-bond donors (Lipinski definition) is 6. The Morgan fingerprint density at radius 1 is 1.11 bits per heavy atom. The molecule has 0 aliphatic heterocycles. The molecule has 56 valence electrons. The highest BCUT2D eigenvalue weighted by molar-refractivity contribution is 4.80. The fraction of sp³-hybridized carbons (Fsp3) is 1.00. The highest BCUT2D eigenvalue weighted by atomic mass is 16.7. The van der Waals surface area contributed by atoms with Crippen molar-refractivity contribution in [3.05, 3.63) is 0 Å². The van der Waals surface area contributed by atoms with Crippen LogP contribution in [0.4, 0.5) is 0 Å². The minimum atomic E-state index is -2.35. The van der Waals surface area contributed by atoms with E-state index >= 15 is 0 Å². The number of rotatable bonds is 2. The molecule has 0 saturated heterocycles. The minimum Gasteiger partial charge on any atom is -0.359 e. The Hall–Kier alpha value is -0.280. The van der Waals surface area contributed by atoms with Crippen LogP contribution >= 0.6 is 0 Å². The molecule has 0 bridgehead atoms. The van der Waals surface area contributed by atoms with Gasteiger partial charge in [0, 0.05) is 0 Å². The molecule has 0 aromatic heterocycles. The van der Waals surface area contributed by atoms with Crippen molar-refractivity contribution >= 4 is 0 Å². The van der Waals surface area contributed by atoms with E-state index in [-0.39, 0.29) is 0 Å². The third-order valence-corrected chi connectivity index (χ3v) is 0.821. The van der Waals surface area contributed by atoms with E-state index in [0.717, 1.165) is 0 Å². The van der Waals surface area contributed by atoms with E-state index in [1.54, 1.807) is 0 Å². The van der Waals surface area contributed by atoms with E-state index in [1.807, 2.05) is 0 Å². The van der Waals surface area contributed by atoms with Gasteiger partial charge in [-0.3, -0.25) is 27.8 Å². The van der Waals surface area contributed by atoms with Crippen LogP contribution in [0.15, 0.2) is 0 Å². The Morgan fingerprint density at radius 2 is 1.44 bits per heavy atom. The van der Waals surface area contributed by atoms with Crippen LogP contribution in [0.2, 0.25) is 0 Å². The van der Waals surface area contributed by atoms with Gasteiger partial charge in [0.1, 0.15) is 0 Å². The third kappa shape index (κ3) is 1.84. The Balaban J connectivity index is 4.14. The average molecular weight is 137 g/mol. The maximum absolute atomic E-state index is 8.65. The highest BCUT2D eigenvalue weighted by Crippen LogP contribution is 1.98. The molecule has 7 heteroatoms. The van der Waals surface area contributed by atoms with E-state index in [9.17, 15) is 0 Å². The van der Waals surface area contributed by atoms with Crippen LogP contribution in [0.3, 0.4) is 0 Å². The van der Waals surface area contributed by atoms with Gasteiger partial charge in [-0.05, 0) is 0 Å². The zero-order valence-electron chi connectivity index (χ0n) is 4.74. The molecular weight excluding hydrogens is 126 g/mol. The molecule has 0 heterocycles. The zero-order valence-corrected chi connectivity index (χ0v) is 4.74. The van der Waals surface area contributed by atoms with Crippen LogP contribution in [0, 0.1) is 0 Å². The summed E-state index contributed by atoms with van der Waals surface area (Å²) >= 11 is 0. The largest absolute Gasteiger partial charge is 0.359 e. The Kier molecular flexibility index (Phi) is 2.09. The quantitative estimate of drug-likeness (QED) is 0.167. The summed E-state index contributed by atoms with van der Waals surface area (Å²) in [7, 11) is 0. The van der Waals surface area contributed by atoms with Crippen molar-refractivity contribution in [2.45, 2.75) is 11.7 Å². The van der Waals surface area contributed by atoms with Crippen LogP contribution in [0.25, 0.3) is 0 Å². The van der Waals surface area contributed by atoms with Crippen LogP contribution in [-0.4, -0.2) is 16.8 Å². The van der Waals surface area contributed by atoms with Gasteiger partial charge in [-0.15, -0.1) is 0 Å². The van der Waals surface area contributed by atoms with Crippen LogP contribution < -0.4 is 28.8 Å². The molecule has 0 aromatic rings. The molecule has 7 nitrogen and oxygen atoms in total. The summed E-state index contributed by atoms with van der Waals surface area (Å²) in [6.07, 6.45) is 0. The molecule has 9 heavy (non-hydrogen) atoms. The highest BCUT2D eigenvalue weighted by Gasteiger charge is 2.39. The molecule has 11 N–H and O–H groups in total. The number of aliphatic hydroxyl groups is 1. The molecule has 0 aliphatic rings. The van der Waals surface area contributed by atoms with Crippen LogP contribution in [-0.2, 0) is 4.84 Å². The molecule has 0 saturated carbocycles. The Labute approximate surface area is 51.7 Å². The van der Waals surface area contributed by atoms with Crippen molar-refractivity contribution in [3.8, 4) is 0 Å².